The third-order valence-corrected chi connectivity index (χ3v) is 5.42. The van der Waals surface area contributed by atoms with Gasteiger partial charge in [-0.05, 0) is 48.1 Å². The molecule has 2 fully saturated rings. The smallest absolute Gasteiger partial charge is 0.404 e. The number of carbonyl (C=O) groups is 2. The Labute approximate surface area is 164 Å². The molecule has 0 bridgehead atoms. The molecule has 0 unspecified atom stereocenters. The van der Waals surface area contributed by atoms with E-state index in [9.17, 15) is 18.8 Å². The standard InChI is InChI=1S/C22H15FN2O4/c23-16-3-1-2-12-4-5-13(10-14(12)16)17-7-6-15(19(26)24-17)22(8-9-22)11-18-20(27)25-21(28)29-18/h1-7,10-11H,8-9H2,(H,24,26)(H,25,27,28). The van der Waals surface area contributed by atoms with Gasteiger partial charge >= 0.3 is 6.09 Å². The van der Waals surface area contributed by atoms with Crippen LogP contribution >= 0.6 is 0 Å². The first-order valence-electron chi connectivity index (χ1n) is 9.14. The minimum absolute atomic E-state index is 0.0824. The molecule has 29 heavy (non-hydrogen) atoms. The number of alkyl carbamates (subject to hydrolysis) is 1. The molecule has 3 aromatic rings. The second-order valence-corrected chi connectivity index (χ2v) is 7.30. The SMILES string of the molecule is O=C1NC(=O)C(=CC2(c3ccc(-c4ccc5cccc(F)c5c4)[nH]c3=O)CC2)O1. The quantitative estimate of drug-likeness (QED) is 0.670. The molecule has 1 saturated heterocycles. The average molecular weight is 390 g/mol. The minimum atomic E-state index is -0.815. The van der Waals surface area contributed by atoms with Crippen molar-refractivity contribution in [1.29, 1.82) is 0 Å². The number of pyridine rings is 1. The number of imide groups is 1. The van der Waals surface area contributed by atoms with Crippen molar-refractivity contribution in [3.63, 3.8) is 0 Å². The van der Waals surface area contributed by atoms with Crippen LogP contribution in [-0.2, 0) is 14.9 Å². The molecule has 2 heterocycles. The van der Waals surface area contributed by atoms with Crippen LogP contribution in [0.15, 0.2) is 65.2 Å². The van der Waals surface area contributed by atoms with E-state index in [0.29, 0.717) is 35.0 Å². The van der Waals surface area contributed by atoms with E-state index >= 15 is 0 Å². The molecule has 1 aliphatic carbocycles. The first-order valence-corrected chi connectivity index (χ1v) is 9.14. The Bertz CT molecular complexity index is 1290. The summed E-state index contributed by atoms with van der Waals surface area (Å²) in [7, 11) is 0. The number of hydrogen-bond acceptors (Lipinski definition) is 4. The van der Waals surface area contributed by atoms with Crippen LogP contribution in [0.3, 0.4) is 0 Å². The molecular formula is C22H15FN2O4. The second-order valence-electron chi connectivity index (χ2n) is 7.30. The van der Waals surface area contributed by atoms with Gasteiger partial charge in [0.25, 0.3) is 11.5 Å². The van der Waals surface area contributed by atoms with E-state index in [1.165, 1.54) is 6.07 Å². The van der Waals surface area contributed by atoms with Gasteiger partial charge < -0.3 is 9.72 Å². The molecule has 1 aliphatic heterocycles. The molecular weight excluding hydrogens is 375 g/mol. The van der Waals surface area contributed by atoms with Gasteiger partial charge in [0, 0.05) is 22.1 Å². The van der Waals surface area contributed by atoms with E-state index in [1.807, 2.05) is 17.4 Å². The number of cyclic esters (lactones) is 1. The first kappa shape index (κ1) is 17.4. The van der Waals surface area contributed by atoms with Gasteiger partial charge in [-0.25, -0.2) is 9.18 Å². The predicted molar refractivity (Wildman–Crippen MR) is 104 cm³/mol. The Morgan fingerprint density at radius 2 is 1.86 bits per heavy atom. The van der Waals surface area contributed by atoms with Gasteiger partial charge in [0.1, 0.15) is 5.82 Å². The summed E-state index contributed by atoms with van der Waals surface area (Å²) in [6.07, 6.45) is 2.07. The number of allylic oxidation sites excluding steroid dienone is 1. The van der Waals surface area contributed by atoms with Gasteiger partial charge in [-0.1, -0.05) is 30.3 Å². The molecule has 2 aromatic carbocycles. The van der Waals surface area contributed by atoms with Crippen LogP contribution in [0.4, 0.5) is 9.18 Å². The lowest BCUT2D eigenvalue weighted by Gasteiger charge is -2.12. The lowest BCUT2D eigenvalue weighted by atomic mass is 9.95. The van der Waals surface area contributed by atoms with Gasteiger partial charge in [0.15, 0.2) is 5.76 Å². The van der Waals surface area contributed by atoms with E-state index < -0.39 is 17.4 Å². The zero-order valence-electron chi connectivity index (χ0n) is 15.1. The number of ether oxygens (including phenoxy) is 1. The number of nitrogens with one attached hydrogen (secondary N) is 2. The summed E-state index contributed by atoms with van der Waals surface area (Å²) < 4.78 is 19.0. The number of hydrogen-bond donors (Lipinski definition) is 2. The zero-order chi connectivity index (χ0) is 20.2. The van der Waals surface area contributed by atoms with Crippen molar-refractivity contribution in [2.75, 3.05) is 0 Å². The van der Waals surface area contributed by atoms with Crippen LogP contribution in [0.5, 0.6) is 0 Å². The molecule has 2 aliphatic rings. The zero-order valence-corrected chi connectivity index (χ0v) is 15.1. The molecule has 1 aromatic heterocycles. The lowest BCUT2D eigenvalue weighted by Crippen LogP contribution is -2.22. The van der Waals surface area contributed by atoms with Crippen LogP contribution in [0.25, 0.3) is 22.0 Å². The average Bonchev–Trinajstić information content (AvgIpc) is 3.40. The van der Waals surface area contributed by atoms with Gasteiger partial charge in [-0.3, -0.25) is 14.9 Å². The Balaban J connectivity index is 1.52. The fourth-order valence-corrected chi connectivity index (χ4v) is 3.73. The van der Waals surface area contributed by atoms with E-state index in [-0.39, 0.29) is 17.1 Å². The number of rotatable bonds is 3. The highest BCUT2D eigenvalue weighted by molar-refractivity contribution is 6.07. The molecule has 5 rings (SSSR count). The molecule has 0 spiro atoms. The maximum absolute atomic E-state index is 14.1. The molecule has 144 valence electrons. The number of halogens is 1. The number of H-pyrrole nitrogens is 1. The predicted octanol–water partition coefficient (Wildman–Crippen LogP) is 3.52. The maximum atomic E-state index is 14.1. The molecule has 2 N–H and O–H groups in total. The van der Waals surface area contributed by atoms with E-state index in [4.69, 9.17) is 4.74 Å². The topological polar surface area (TPSA) is 88.3 Å². The summed E-state index contributed by atoms with van der Waals surface area (Å²) >= 11 is 0. The van der Waals surface area contributed by atoms with Gasteiger partial charge in [0.2, 0.25) is 0 Å². The molecule has 0 radical (unpaired) electrons. The minimum Gasteiger partial charge on any atom is -0.404 e. The number of aromatic amines is 1. The van der Waals surface area contributed by atoms with Crippen LogP contribution in [0, 0.1) is 5.82 Å². The largest absolute Gasteiger partial charge is 0.419 e. The van der Waals surface area contributed by atoms with Gasteiger partial charge in [0.05, 0.1) is 0 Å². The lowest BCUT2D eigenvalue weighted by molar-refractivity contribution is -0.116. The number of fused-ring (bicyclic) bond motifs is 1. The highest BCUT2D eigenvalue weighted by Crippen LogP contribution is 2.49. The van der Waals surface area contributed by atoms with E-state index in [0.717, 1.165) is 5.39 Å². The summed E-state index contributed by atoms with van der Waals surface area (Å²) in [6, 6.07) is 13.7. The van der Waals surface area contributed by atoms with Crippen LogP contribution in [0.2, 0.25) is 0 Å². The molecule has 1 saturated carbocycles. The Morgan fingerprint density at radius 3 is 2.55 bits per heavy atom. The third-order valence-electron chi connectivity index (χ3n) is 5.42. The van der Waals surface area contributed by atoms with Crippen molar-refractivity contribution in [3.8, 4) is 11.3 Å². The Morgan fingerprint density at radius 1 is 1.03 bits per heavy atom. The number of aromatic nitrogens is 1. The van der Waals surface area contributed by atoms with Crippen LogP contribution < -0.4 is 10.9 Å². The highest BCUT2D eigenvalue weighted by Gasteiger charge is 2.46. The van der Waals surface area contributed by atoms with Crippen LogP contribution in [-0.4, -0.2) is 17.0 Å². The Kier molecular flexibility index (Phi) is 3.67. The summed E-state index contributed by atoms with van der Waals surface area (Å²) in [5.74, 6) is -1.01. The second kappa shape index (κ2) is 6.13. The van der Waals surface area contributed by atoms with E-state index in [1.54, 1.807) is 36.4 Å². The molecule has 2 amide bonds. The third kappa shape index (κ3) is 2.91. The number of carbonyl (C=O) groups excluding carboxylic acids is 2. The summed E-state index contributed by atoms with van der Waals surface area (Å²) in [6.45, 7) is 0. The van der Waals surface area contributed by atoms with Gasteiger partial charge in [-0.2, -0.15) is 0 Å². The van der Waals surface area contributed by atoms with E-state index in [2.05, 4.69) is 4.98 Å². The normalized spacial score (nSPS) is 18.7. The van der Waals surface area contributed by atoms with Crippen LogP contribution in [0.1, 0.15) is 18.4 Å². The monoisotopic (exact) mass is 390 g/mol. The van der Waals surface area contributed by atoms with Crippen molar-refractivity contribution in [2.45, 2.75) is 18.3 Å². The fourth-order valence-electron chi connectivity index (χ4n) is 3.73. The summed E-state index contributed by atoms with van der Waals surface area (Å²) in [5, 5.41) is 3.31. The highest BCUT2D eigenvalue weighted by atomic mass is 19.1. The molecule has 7 heteroatoms. The molecule has 0 atom stereocenters. The summed E-state index contributed by atoms with van der Waals surface area (Å²) in [4.78, 5) is 38.6. The summed E-state index contributed by atoms with van der Waals surface area (Å²) in [5.41, 5.74) is 0.835. The molecule has 6 nitrogen and oxygen atoms in total. The van der Waals surface area contributed by atoms with Crippen molar-refractivity contribution in [1.82, 2.24) is 10.3 Å². The first-order chi connectivity index (χ1) is 13.9. The maximum Gasteiger partial charge on any atom is 0.419 e. The van der Waals surface area contributed by atoms with Crippen molar-refractivity contribution in [2.24, 2.45) is 0 Å². The van der Waals surface area contributed by atoms with Crippen molar-refractivity contribution in [3.05, 3.63) is 82.1 Å². The fraction of sp³-hybridized carbons (Fsp3) is 0.136. The van der Waals surface area contributed by atoms with Crippen molar-refractivity contribution >= 4 is 22.8 Å². The number of amides is 2. The van der Waals surface area contributed by atoms with Crippen molar-refractivity contribution < 1.29 is 18.7 Å². The number of benzene rings is 2. The Hall–Kier alpha value is -3.74. The van der Waals surface area contributed by atoms with Gasteiger partial charge in [-0.15, -0.1) is 0 Å².